The molecule has 2 amide bonds. The van der Waals surface area contributed by atoms with E-state index in [1.165, 1.54) is 19.3 Å². The summed E-state index contributed by atoms with van der Waals surface area (Å²) >= 11 is 0. The first-order valence-corrected chi connectivity index (χ1v) is 7.27. The molecule has 0 bridgehead atoms. The van der Waals surface area contributed by atoms with Crippen LogP contribution >= 0.6 is 0 Å². The summed E-state index contributed by atoms with van der Waals surface area (Å²) in [5.41, 5.74) is -0.768. The predicted octanol–water partition coefficient (Wildman–Crippen LogP) is 2.42. The van der Waals surface area contributed by atoms with E-state index in [0.29, 0.717) is 25.3 Å². The van der Waals surface area contributed by atoms with Gasteiger partial charge < -0.3 is 15.7 Å². The molecule has 1 fully saturated rings. The minimum atomic E-state index is -0.768. The summed E-state index contributed by atoms with van der Waals surface area (Å²) in [4.78, 5) is 11.8. The average Bonchev–Trinajstić information content (AvgIpc) is 2.39. The summed E-state index contributed by atoms with van der Waals surface area (Å²) in [6.07, 6.45) is 6.04. The van der Waals surface area contributed by atoms with Gasteiger partial charge in [-0.25, -0.2) is 4.79 Å². The molecule has 0 aromatic carbocycles. The molecule has 0 aliphatic heterocycles. The number of carbonyl (C=O) groups is 1. The number of hydrogen-bond donors (Lipinski definition) is 3. The highest BCUT2D eigenvalue weighted by atomic mass is 16.3. The van der Waals surface area contributed by atoms with Crippen LogP contribution in [-0.2, 0) is 0 Å². The molecule has 0 spiro atoms. The number of nitrogens with one attached hydrogen (secondary N) is 2. The van der Waals surface area contributed by atoms with Crippen molar-refractivity contribution < 1.29 is 9.90 Å². The lowest BCUT2D eigenvalue weighted by Gasteiger charge is -2.30. The molecule has 0 aromatic rings. The van der Waals surface area contributed by atoms with Gasteiger partial charge in [0.05, 0.1) is 5.60 Å². The standard InChI is InChI=1S/C14H28N2O2/c1-4-14(18,5-2)10-15-13(17)16-12-9-7-6-8-11(12)3/h11-12,18H,4-10H2,1-3H3,(H2,15,16,17). The zero-order valence-corrected chi connectivity index (χ0v) is 12.0. The van der Waals surface area contributed by atoms with Crippen LogP contribution in [0.15, 0.2) is 0 Å². The van der Waals surface area contributed by atoms with Gasteiger partial charge in [0.1, 0.15) is 0 Å². The van der Waals surface area contributed by atoms with E-state index in [1.54, 1.807) is 0 Å². The second kappa shape index (κ2) is 6.98. The Morgan fingerprint density at radius 3 is 2.44 bits per heavy atom. The van der Waals surface area contributed by atoms with Crippen LogP contribution in [0.1, 0.15) is 59.3 Å². The van der Waals surface area contributed by atoms with Gasteiger partial charge in [-0.2, -0.15) is 0 Å². The van der Waals surface area contributed by atoms with Crippen molar-refractivity contribution in [3.8, 4) is 0 Å². The summed E-state index contributed by atoms with van der Waals surface area (Å²) in [5.74, 6) is 0.556. The minimum absolute atomic E-state index is 0.144. The van der Waals surface area contributed by atoms with Gasteiger partial charge in [0.15, 0.2) is 0 Å². The first-order valence-electron chi connectivity index (χ1n) is 7.27. The minimum Gasteiger partial charge on any atom is -0.388 e. The molecule has 1 aliphatic rings. The van der Waals surface area contributed by atoms with Crippen LogP contribution in [0.25, 0.3) is 0 Å². The largest absolute Gasteiger partial charge is 0.388 e. The topological polar surface area (TPSA) is 61.4 Å². The number of aliphatic hydroxyl groups is 1. The number of rotatable bonds is 5. The predicted molar refractivity (Wildman–Crippen MR) is 73.5 cm³/mol. The zero-order chi connectivity index (χ0) is 13.6. The van der Waals surface area contributed by atoms with Crippen molar-refractivity contribution >= 4 is 6.03 Å². The highest BCUT2D eigenvalue weighted by Gasteiger charge is 2.25. The average molecular weight is 256 g/mol. The molecule has 4 heteroatoms. The van der Waals surface area contributed by atoms with E-state index >= 15 is 0 Å². The molecular weight excluding hydrogens is 228 g/mol. The van der Waals surface area contributed by atoms with Crippen LogP contribution in [0, 0.1) is 5.92 Å². The Morgan fingerprint density at radius 1 is 1.28 bits per heavy atom. The molecule has 2 unspecified atom stereocenters. The van der Waals surface area contributed by atoms with Crippen molar-refractivity contribution in [2.75, 3.05) is 6.54 Å². The molecule has 106 valence electrons. The maximum absolute atomic E-state index is 11.8. The first-order chi connectivity index (χ1) is 8.50. The van der Waals surface area contributed by atoms with Gasteiger partial charge in [0, 0.05) is 12.6 Å². The van der Waals surface area contributed by atoms with Crippen LogP contribution < -0.4 is 10.6 Å². The second-order valence-corrected chi connectivity index (χ2v) is 5.63. The van der Waals surface area contributed by atoms with Crippen molar-refractivity contribution in [2.45, 2.75) is 70.9 Å². The molecule has 3 N–H and O–H groups in total. The highest BCUT2D eigenvalue weighted by Crippen LogP contribution is 2.23. The van der Waals surface area contributed by atoms with E-state index < -0.39 is 5.60 Å². The van der Waals surface area contributed by atoms with Crippen LogP contribution in [0.5, 0.6) is 0 Å². The van der Waals surface area contributed by atoms with Crippen molar-refractivity contribution in [3.63, 3.8) is 0 Å². The molecule has 0 heterocycles. The van der Waals surface area contributed by atoms with E-state index in [4.69, 9.17) is 0 Å². The Hall–Kier alpha value is -0.770. The van der Waals surface area contributed by atoms with Crippen molar-refractivity contribution in [2.24, 2.45) is 5.92 Å². The summed E-state index contributed by atoms with van der Waals surface area (Å²) in [7, 11) is 0. The Balaban J connectivity index is 2.32. The molecule has 4 nitrogen and oxygen atoms in total. The number of urea groups is 1. The summed E-state index contributed by atoms with van der Waals surface area (Å²) in [6.45, 7) is 6.39. The van der Waals surface area contributed by atoms with E-state index in [0.717, 1.165) is 6.42 Å². The van der Waals surface area contributed by atoms with E-state index in [2.05, 4.69) is 17.6 Å². The maximum Gasteiger partial charge on any atom is 0.315 e. The maximum atomic E-state index is 11.8. The van der Waals surface area contributed by atoms with Crippen LogP contribution in [0.2, 0.25) is 0 Å². The molecule has 2 atom stereocenters. The van der Waals surface area contributed by atoms with E-state index in [-0.39, 0.29) is 12.1 Å². The Morgan fingerprint density at radius 2 is 1.89 bits per heavy atom. The van der Waals surface area contributed by atoms with Gasteiger partial charge in [-0.1, -0.05) is 33.6 Å². The third kappa shape index (κ3) is 4.48. The normalized spacial score (nSPS) is 24.7. The second-order valence-electron chi connectivity index (χ2n) is 5.63. The Labute approximate surface area is 111 Å². The molecule has 0 aromatic heterocycles. The number of carbonyl (C=O) groups excluding carboxylic acids is 1. The van der Waals surface area contributed by atoms with Crippen molar-refractivity contribution in [3.05, 3.63) is 0 Å². The first kappa shape index (κ1) is 15.3. The van der Waals surface area contributed by atoms with Crippen LogP contribution in [0.4, 0.5) is 4.79 Å². The van der Waals surface area contributed by atoms with Crippen molar-refractivity contribution in [1.29, 1.82) is 0 Å². The lowest BCUT2D eigenvalue weighted by atomic mass is 9.86. The summed E-state index contributed by atoms with van der Waals surface area (Å²) < 4.78 is 0. The fourth-order valence-electron chi connectivity index (χ4n) is 2.49. The quantitative estimate of drug-likeness (QED) is 0.707. The van der Waals surface area contributed by atoms with E-state index in [9.17, 15) is 9.90 Å². The summed E-state index contributed by atoms with van der Waals surface area (Å²) in [6, 6.07) is 0.143. The fourth-order valence-corrected chi connectivity index (χ4v) is 2.49. The fraction of sp³-hybridized carbons (Fsp3) is 0.929. The zero-order valence-electron chi connectivity index (χ0n) is 12.0. The molecule has 1 aliphatic carbocycles. The van der Waals surface area contributed by atoms with Gasteiger partial charge in [0.25, 0.3) is 0 Å². The SMILES string of the molecule is CCC(O)(CC)CNC(=O)NC1CCCCC1C. The lowest BCUT2D eigenvalue weighted by molar-refractivity contribution is 0.0347. The molecule has 1 rings (SSSR count). The smallest absolute Gasteiger partial charge is 0.315 e. The molecular formula is C14H28N2O2. The summed E-state index contributed by atoms with van der Waals surface area (Å²) in [5, 5.41) is 15.9. The van der Waals surface area contributed by atoms with Gasteiger partial charge in [0.2, 0.25) is 0 Å². The Bertz CT molecular complexity index is 265. The Kier molecular flexibility index (Phi) is 5.93. The number of amides is 2. The number of hydrogen-bond acceptors (Lipinski definition) is 2. The molecule has 1 saturated carbocycles. The third-order valence-corrected chi connectivity index (χ3v) is 4.32. The third-order valence-electron chi connectivity index (χ3n) is 4.32. The molecule has 18 heavy (non-hydrogen) atoms. The highest BCUT2D eigenvalue weighted by molar-refractivity contribution is 5.74. The van der Waals surface area contributed by atoms with Gasteiger partial charge >= 0.3 is 6.03 Å². The van der Waals surface area contributed by atoms with Crippen LogP contribution in [-0.4, -0.2) is 29.3 Å². The van der Waals surface area contributed by atoms with Crippen molar-refractivity contribution in [1.82, 2.24) is 10.6 Å². The molecule has 0 radical (unpaired) electrons. The molecule has 0 saturated heterocycles. The van der Waals surface area contributed by atoms with Gasteiger partial charge in [-0.15, -0.1) is 0 Å². The van der Waals surface area contributed by atoms with Gasteiger partial charge in [-0.05, 0) is 31.6 Å². The lowest BCUT2D eigenvalue weighted by Crippen LogP contribution is -2.50. The monoisotopic (exact) mass is 256 g/mol. The van der Waals surface area contributed by atoms with E-state index in [1.807, 2.05) is 13.8 Å². The van der Waals surface area contributed by atoms with Crippen LogP contribution in [0.3, 0.4) is 0 Å². The van der Waals surface area contributed by atoms with Gasteiger partial charge in [-0.3, -0.25) is 0 Å².